The van der Waals surface area contributed by atoms with Crippen LogP contribution in [0.4, 0.5) is 0 Å². The first kappa shape index (κ1) is 15.3. The van der Waals surface area contributed by atoms with Crippen molar-refractivity contribution in [3.05, 3.63) is 16.1 Å². The Morgan fingerprint density at radius 1 is 1.38 bits per heavy atom. The fraction of sp³-hybridized carbons (Fsp3) is 0.733. The number of thiazole rings is 1. The first-order valence-electron chi connectivity index (χ1n) is 7.80. The van der Waals surface area contributed by atoms with Crippen LogP contribution >= 0.6 is 23.1 Å². The van der Waals surface area contributed by atoms with Gasteiger partial charge in [0.2, 0.25) is 0 Å². The van der Waals surface area contributed by atoms with Crippen LogP contribution in [0.5, 0.6) is 0 Å². The maximum absolute atomic E-state index is 12.7. The number of aromatic nitrogens is 1. The molecule has 0 radical (unpaired) electrons. The Balaban J connectivity index is 1.68. The summed E-state index contributed by atoms with van der Waals surface area (Å²) in [4.78, 5) is 19.2. The van der Waals surface area contributed by atoms with E-state index in [1.807, 2.05) is 10.3 Å². The molecule has 2 aliphatic rings. The molecule has 0 unspecified atom stereocenters. The van der Waals surface area contributed by atoms with Gasteiger partial charge in [-0.25, -0.2) is 4.98 Å². The standard InChI is InChI=1S/C15H23N3OS2/c16-7-4-13-17-12(10-20-13)14(19)18-8-9-21-15(11-18)5-2-1-3-6-15/h10H,1-9,11,16H2. The molecule has 0 atom stereocenters. The van der Waals surface area contributed by atoms with Crippen molar-refractivity contribution in [1.82, 2.24) is 9.88 Å². The van der Waals surface area contributed by atoms with Crippen molar-refractivity contribution in [2.75, 3.05) is 25.4 Å². The average molecular weight is 326 g/mol. The van der Waals surface area contributed by atoms with Crippen LogP contribution in [-0.4, -0.2) is 45.9 Å². The van der Waals surface area contributed by atoms with Gasteiger partial charge in [-0.3, -0.25) is 4.79 Å². The predicted octanol–water partition coefficient (Wildman–Crippen LogP) is 2.54. The van der Waals surface area contributed by atoms with Gasteiger partial charge in [0.05, 0.1) is 5.01 Å². The average Bonchev–Trinajstić information content (AvgIpc) is 2.96. The highest BCUT2D eigenvalue weighted by Crippen LogP contribution is 2.42. The van der Waals surface area contributed by atoms with Gasteiger partial charge in [-0.1, -0.05) is 19.3 Å². The molecular formula is C15H23N3OS2. The highest BCUT2D eigenvalue weighted by molar-refractivity contribution is 8.00. The molecule has 6 heteroatoms. The van der Waals surface area contributed by atoms with Crippen molar-refractivity contribution < 1.29 is 4.79 Å². The molecule has 1 aliphatic carbocycles. The molecule has 21 heavy (non-hydrogen) atoms. The van der Waals surface area contributed by atoms with Gasteiger partial charge in [-0.15, -0.1) is 11.3 Å². The lowest BCUT2D eigenvalue weighted by atomic mass is 9.87. The Labute approximate surface area is 134 Å². The van der Waals surface area contributed by atoms with Crippen LogP contribution in [0.1, 0.15) is 47.6 Å². The molecule has 1 spiro atoms. The Morgan fingerprint density at radius 2 is 2.19 bits per heavy atom. The van der Waals surface area contributed by atoms with Crippen LogP contribution in [0.3, 0.4) is 0 Å². The molecule has 3 rings (SSSR count). The number of amides is 1. The fourth-order valence-corrected chi connectivity index (χ4v) is 5.68. The number of hydrogen-bond acceptors (Lipinski definition) is 5. The minimum Gasteiger partial charge on any atom is -0.335 e. The van der Waals surface area contributed by atoms with Crippen LogP contribution in [0.15, 0.2) is 5.38 Å². The van der Waals surface area contributed by atoms with Crippen LogP contribution in [0.2, 0.25) is 0 Å². The Bertz CT molecular complexity index is 491. The van der Waals surface area contributed by atoms with Gasteiger partial charge in [0, 0.05) is 35.4 Å². The summed E-state index contributed by atoms with van der Waals surface area (Å²) in [6, 6.07) is 0. The summed E-state index contributed by atoms with van der Waals surface area (Å²) >= 11 is 3.64. The second kappa shape index (κ2) is 6.67. The zero-order chi connectivity index (χ0) is 14.7. The Morgan fingerprint density at radius 3 is 2.95 bits per heavy atom. The third-order valence-electron chi connectivity index (χ3n) is 4.43. The van der Waals surface area contributed by atoms with E-state index in [0.29, 0.717) is 17.0 Å². The van der Waals surface area contributed by atoms with Gasteiger partial charge in [0.15, 0.2) is 0 Å². The number of rotatable bonds is 3. The van der Waals surface area contributed by atoms with E-state index in [0.717, 1.165) is 30.3 Å². The summed E-state index contributed by atoms with van der Waals surface area (Å²) in [5.74, 6) is 1.17. The minimum absolute atomic E-state index is 0.111. The van der Waals surface area contributed by atoms with E-state index in [4.69, 9.17) is 5.73 Å². The van der Waals surface area contributed by atoms with Crippen LogP contribution < -0.4 is 5.73 Å². The van der Waals surface area contributed by atoms with Gasteiger partial charge in [0.25, 0.3) is 5.91 Å². The summed E-state index contributed by atoms with van der Waals surface area (Å²) < 4.78 is 0.322. The zero-order valence-electron chi connectivity index (χ0n) is 12.3. The molecule has 1 aromatic heterocycles. The summed E-state index contributed by atoms with van der Waals surface area (Å²) in [6.07, 6.45) is 7.26. The van der Waals surface area contributed by atoms with Crippen molar-refractivity contribution in [2.24, 2.45) is 5.73 Å². The minimum atomic E-state index is 0.111. The molecule has 116 valence electrons. The molecule has 1 amide bonds. The lowest BCUT2D eigenvalue weighted by Gasteiger charge is -2.44. The molecule has 4 nitrogen and oxygen atoms in total. The molecule has 0 bridgehead atoms. The Kier molecular flexibility index (Phi) is 4.86. The molecule has 2 heterocycles. The van der Waals surface area contributed by atoms with Crippen molar-refractivity contribution in [3.63, 3.8) is 0 Å². The molecule has 1 aromatic rings. The first-order chi connectivity index (χ1) is 10.2. The molecule has 1 aliphatic heterocycles. The van der Waals surface area contributed by atoms with E-state index in [-0.39, 0.29) is 5.91 Å². The van der Waals surface area contributed by atoms with E-state index < -0.39 is 0 Å². The predicted molar refractivity (Wildman–Crippen MR) is 89.0 cm³/mol. The summed E-state index contributed by atoms with van der Waals surface area (Å²) in [7, 11) is 0. The maximum Gasteiger partial charge on any atom is 0.273 e. The topological polar surface area (TPSA) is 59.2 Å². The summed E-state index contributed by atoms with van der Waals surface area (Å²) in [5.41, 5.74) is 6.16. The van der Waals surface area contributed by atoms with Crippen LogP contribution in [0, 0.1) is 0 Å². The van der Waals surface area contributed by atoms with Gasteiger partial charge in [-0.05, 0) is 19.4 Å². The fourth-order valence-electron chi connectivity index (χ4n) is 3.33. The summed E-state index contributed by atoms with van der Waals surface area (Å²) in [6.45, 7) is 2.35. The van der Waals surface area contributed by atoms with Crippen LogP contribution in [0.25, 0.3) is 0 Å². The second-order valence-electron chi connectivity index (χ2n) is 5.98. The summed E-state index contributed by atoms with van der Waals surface area (Å²) in [5, 5.41) is 2.86. The Hall–Kier alpha value is -0.590. The van der Waals surface area contributed by atoms with Crippen molar-refractivity contribution in [3.8, 4) is 0 Å². The SMILES string of the molecule is NCCc1nc(C(=O)N2CCSC3(CCCCC3)C2)cs1. The lowest BCUT2D eigenvalue weighted by molar-refractivity contribution is 0.0725. The maximum atomic E-state index is 12.7. The van der Waals surface area contributed by atoms with Gasteiger partial charge < -0.3 is 10.6 Å². The molecule has 0 aromatic carbocycles. The van der Waals surface area contributed by atoms with E-state index >= 15 is 0 Å². The van der Waals surface area contributed by atoms with E-state index in [2.05, 4.69) is 16.7 Å². The zero-order valence-corrected chi connectivity index (χ0v) is 14.0. The van der Waals surface area contributed by atoms with Crippen molar-refractivity contribution >= 4 is 29.0 Å². The quantitative estimate of drug-likeness (QED) is 0.928. The van der Waals surface area contributed by atoms with Crippen molar-refractivity contribution in [1.29, 1.82) is 0 Å². The van der Waals surface area contributed by atoms with Gasteiger partial charge in [0.1, 0.15) is 5.69 Å². The molecular weight excluding hydrogens is 302 g/mol. The van der Waals surface area contributed by atoms with E-state index in [1.54, 1.807) is 11.3 Å². The second-order valence-corrected chi connectivity index (χ2v) is 8.49. The van der Waals surface area contributed by atoms with Crippen molar-refractivity contribution in [2.45, 2.75) is 43.3 Å². The lowest BCUT2D eigenvalue weighted by Crippen LogP contribution is -2.50. The van der Waals surface area contributed by atoms with E-state index in [1.165, 1.54) is 32.1 Å². The largest absolute Gasteiger partial charge is 0.335 e. The number of nitrogens with zero attached hydrogens (tertiary/aromatic N) is 2. The first-order valence-corrected chi connectivity index (χ1v) is 9.67. The molecule has 2 N–H and O–H groups in total. The highest BCUT2D eigenvalue weighted by Gasteiger charge is 2.39. The number of thioether (sulfide) groups is 1. The molecule has 1 saturated carbocycles. The number of carbonyl (C=O) groups is 1. The number of hydrogen-bond donors (Lipinski definition) is 1. The van der Waals surface area contributed by atoms with Crippen LogP contribution in [-0.2, 0) is 6.42 Å². The smallest absolute Gasteiger partial charge is 0.273 e. The highest BCUT2D eigenvalue weighted by atomic mass is 32.2. The molecule has 2 fully saturated rings. The normalized spacial score (nSPS) is 21.7. The molecule has 1 saturated heterocycles. The third kappa shape index (κ3) is 3.43. The number of nitrogens with two attached hydrogens (primary N) is 1. The monoisotopic (exact) mass is 325 g/mol. The van der Waals surface area contributed by atoms with Gasteiger partial charge in [-0.2, -0.15) is 11.8 Å². The van der Waals surface area contributed by atoms with E-state index in [9.17, 15) is 4.79 Å². The number of carbonyl (C=O) groups excluding carboxylic acids is 1. The van der Waals surface area contributed by atoms with Gasteiger partial charge >= 0.3 is 0 Å². The third-order valence-corrected chi connectivity index (χ3v) is 6.87.